The molecule has 0 spiro atoms. The number of hydrogen-bond donors (Lipinski definition) is 1. The number of cyclic esters (lactones) is 1. The van der Waals surface area contributed by atoms with E-state index in [2.05, 4.69) is 5.32 Å². The highest BCUT2D eigenvalue weighted by Gasteiger charge is 2.51. The van der Waals surface area contributed by atoms with E-state index in [1.165, 1.54) is 32.1 Å². The molecule has 1 unspecified atom stereocenters. The highest BCUT2D eigenvalue weighted by molar-refractivity contribution is 5.72. The van der Waals surface area contributed by atoms with Crippen molar-refractivity contribution in [2.75, 3.05) is 13.2 Å². The van der Waals surface area contributed by atoms with Crippen molar-refractivity contribution in [1.82, 2.24) is 5.32 Å². The molecular weight excluding hydrogens is 214 g/mol. The second-order valence-electron chi connectivity index (χ2n) is 6.68. The van der Waals surface area contributed by atoms with Crippen molar-refractivity contribution in [2.24, 2.45) is 29.6 Å². The summed E-state index contributed by atoms with van der Waals surface area (Å²) in [7, 11) is 0. The molecule has 17 heavy (non-hydrogen) atoms. The zero-order valence-corrected chi connectivity index (χ0v) is 10.2. The van der Waals surface area contributed by atoms with E-state index < -0.39 is 0 Å². The van der Waals surface area contributed by atoms with Crippen LogP contribution in [0.4, 0.5) is 0 Å². The molecule has 0 amide bonds. The number of esters is 1. The molecule has 0 aromatic rings. The summed E-state index contributed by atoms with van der Waals surface area (Å²) >= 11 is 0. The predicted octanol–water partition coefficient (Wildman–Crippen LogP) is 1.57. The van der Waals surface area contributed by atoms with Crippen LogP contribution in [0.2, 0.25) is 0 Å². The highest BCUT2D eigenvalue weighted by atomic mass is 16.5. The van der Waals surface area contributed by atoms with E-state index >= 15 is 0 Å². The molecule has 1 N–H and O–H groups in total. The first kappa shape index (κ1) is 10.4. The molecular formula is C14H21NO2. The first-order valence-corrected chi connectivity index (χ1v) is 7.18. The fourth-order valence-electron chi connectivity index (χ4n) is 5.38. The van der Waals surface area contributed by atoms with Crippen LogP contribution in [0.25, 0.3) is 0 Å². The van der Waals surface area contributed by atoms with Gasteiger partial charge in [0.05, 0.1) is 6.54 Å². The Labute approximate surface area is 102 Å². The van der Waals surface area contributed by atoms with Crippen molar-refractivity contribution in [1.29, 1.82) is 0 Å². The highest BCUT2D eigenvalue weighted by Crippen LogP contribution is 2.57. The number of nitrogens with one attached hydrogen (secondary N) is 1. The lowest BCUT2D eigenvalue weighted by atomic mass is 9.50. The lowest BCUT2D eigenvalue weighted by Gasteiger charge is -2.56. The summed E-state index contributed by atoms with van der Waals surface area (Å²) in [4.78, 5) is 11.1. The number of morpholine rings is 1. The Kier molecular flexibility index (Phi) is 2.26. The topological polar surface area (TPSA) is 38.3 Å². The summed E-state index contributed by atoms with van der Waals surface area (Å²) in [6.45, 7) is 1.04. The zero-order valence-electron chi connectivity index (χ0n) is 10.2. The molecule has 4 saturated carbocycles. The van der Waals surface area contributed by atoms with Crippen LogP contribution in [0.3, 0.4) is 0 Å². The van der Waals surface area contributed by atoms with Gasteiger partial charge in [0.1, 0.15) is 6.61 Å². The van der Waals surface area contributed by atoms with E-state index in [1.54, 1.807) is 0 Å². The molecule has 0 radical (unpaired) electrons. The summed E-state index contributed by atoms with van der Waals surface area (Å²) in [5, 5.41) is 3.42. The fourth-order valence-corrected chi connectivity index (χ4v) is 5.38. The Morgan fingerprint density at radius 2 is 1.65 bits per heavy atom. The molecule has 1 saturated heterocycles. The van der Waals surface area contributed by atoms with Crippen LogP contribution < -0.4 is 5.32 Å². The average Bonchev–Trinajstić information content (AvgIpc) is 2.30. The minimum absolute atomic E-state index is 0.0786. The fraction of sp³-hybridized carbons (Fsp3) is 0.929. The molecule has 4 aliphatic carbocycles. The predicted molar refractivity (Wildman–Crippen MR) is 63.3 cm³/mol. The molecule has 0 aromatic carbocycles. The summed E-state index contributed by atoms with van der Waals surface area (Å²) < 4.78 is 5.25. The van der Waals surface area contributed by atoms with Gasteiger partial charge in [0.2, 0.25) is 0 Å². The van der Waals surface area contributed by atoms with Gasteiger partial charge in [-0.05, 0) is 61.7 Å². The lowest BCUT2D eigenvalue weighted by molar-refractivity contribution is -0.151. The molecule has 94 valence electrons. The third-order valence-corrected chi connectivity index (χ3v) is 5.70. The summed E-state index contributed by atoms with van der Waals surface area (Å²) in [5.41, 5.74) is 0. The second kappa shape index (κ2) is 3.71. The van der Waals surface area contributed by atoms with Crippen LogP contribution in [0.15, 0.2) is 0 Å². The molecule has 4 bridgehead atoms. The van der Waals surface area contributed by atoms with E-state index in [4.69, 9.17) is 4.74 Å². The van der Waals surface area contributed by atoms with Crippen molar-refractivity contribution >= 4 is 5.97 Å². The van der Waals surface area contributed by atoms with Gasteiger partial charge in [-0.3, -0.25) is 4.79 Å². The Bertz CT molecular complexity index is 303. The van der Waals surface area contributed by atoms with Crippen molar-refractivity contribution in [3.05, 3.63) is 0 Å². The van der Waals surface area contributed by atoms with Gasteiger partial charge >= 0.3 is 5.97 Å². The van der Waals surface area contributed by atoms with Crippen molar-refractivity contribution < 1.29 is 9.53 Å². The Hall–Kier alpha value is -0.570. The van der Waals surface area contributed by atoms with Crippen LogP contribution in [0, 0.1) is 29.6 Å². The smallest absolute Gasteiger partial charge is 0.319 e. The maximum atomic E-state index is 11.1. The Balaban J connectivity index is 1.52. The monoisotopic (exact) mass is 235 g/mol. The Morgan fingerprint density at radius 3 is 2.18 bits per heavy atom. The standard InChI is InChI=1S/C14H21NO2/c16-13-6-15-12(7-17-13)14-10-2-8-1-9(4-10)5-11(14)3-8/h8-12,14-15H,1-7H2. The van der Waals surface area contributed by atoms with Gasteiger partial charge in [-0.1, -0.05) is 0 Å². The van der Waals surface area contributed by atoms with Crippen LogP contribution in [-0.4, -0.2) is 25.2 Å². The maximum absolute atomic E-state index is 11.1. The summed E-state index contributed by atoms with van der Waals surface area (Å²) in [6.07, 6.45) is 7.30. The number of rotatable bonds is 1. The van der Waals surface area contributed by atoms with Gasteiger partial charge < -0.3 is 10.1 Å². The molecule has 0 aromatic heterocycles. The third-order valence-electron chi connectivity index (χ3n) is 5.70. The molecule has 3 nitrogen and oxygen atoms in total. The van der Waals surface area contributed by atoms with Gasteiger partial charge in [-0.15, -0.1) is 0 Å². The van der Waals surface area contributed by atoms with Crippen molar-refractivity contribution in [3.63, 3.8) is 0 Å². The number of carbonyl (C=O) groups is 1. The van der Waals surface area contributed by atoms with Crippen molar-refractivity contribution in [3.8, 4) is 0 Å². The Morgan fingerprint density at radius 1 is 1.00 bits per heavy atom. The molecule has 3 heteroatoms. The van der Waals surface area contributed by atoms with E-state index in [9.17, 15) is 4.79 Å². The zero-order chi connectivity index (χ0) is 11.4. The number of ether oxygens (including phenoxy) is 1. The van der Waals surface area contributed by atoms with Gasteiger partial charge in [0, 0.05) is 6.04 Å². The molecule has 5 aliphatic rings. The maximum Gasteiger partial charge on any atom is 0.319 e. The van der Waals surface area contributed by atoms with Gasteiger partial charge in [0.15, 0.2) is 0 Å². The van der Waals surface area contributed by atoms with E-state index in [0.29, 0.717) is 19.2 Å². The van der Waals surface area contributed by atoms with E-state index in [-0.39, 0.29) is 5.97 Å². The molecule has 1 atom stereocenters. The number of carbonyl (C=O) groups excluding carboxylic acids is 1. The third kappa shape index (κ3) is 1.62. The quantitative estimate of drug-likeness (QED) is 0.701. The largest absolute Gasteiger partial charge is 0.463 e. The van der Waals surface area contributed by atoms with Gasteiger partial charge in [0.25, 0.3) is 0 Å². The summed E-state index contributed by atoms with van der Waals surface area (Å²) in [5.74, 6) is 4.60. The normalized spacial score (nSPS) is 52.6. The SMILES string of the molecule is O=C1CNC(C2C3CC4CC(C3)CC2C4)CO1. The average molecular weight is 235 g/mol. The lowest BCUT2D eigenvalue weighted by Crippen LogP contribution is -2.57. The van der Waals surface area contributed by atoms with Crippen LogP contribution in [0.1, 0.15) is 32.1 Å². The number of hydrogen-bond acceptors (Lipinski definition) is 3. The minimum Gasteiger partial charge on any atom is -0.463 e. The molecule has 1 heterocycles. The molecule has 5 fully saturated rings. The van der Waals surface area contributed by atoms with Crippen LogP contribution >= 0.6 is 0 Å². The van der Waals surface area contributed by atoms with Crippen LogP contribution in [0.5, 0.6) is 0 Å². The molecule has 5 rings (SSSR count). The summed E-state index contributed by atoms with van der Waals surface area (Å²) in [6, 6.07) is 0.447. The minimum atomic E-state index is -0.0786. The molecule has 1 aliphatic heterocycles. The van der Waals surface area contributed by atoms with Crippen LogP contribution in [-0.2, 0) is 9.53 Å². The van der Waals surface area contributed by atoms with E-state index in [1.807, 2.05) is 0 Å². The first-order valence-electron chi connectivity index (χ1n) is 7.18. The van der Waals surface area contributed by atoms with E-state index in [0.717, 1.165) is 29.6 Å². The first-order chi connectivity index (χ1) is 8.29. The van der Waals surface area contributed by atoms with Gasteiger partial charge in [-0.25, -0.2) is 0 Å². The van der Waals surface area contributed by atoms with Crippen molar-refractivity contribution in [2.45, 2.75) is 38.1 Å². The second-order valence-corrected chi connectivity index (χ2v) is 6.68. The van der Waals surface area contributed by atoms with Gasteiger partial charge in [-0.2, -0.15) is 0 Å².